The van der Waals surface area contributed by atoms with Gasteiger partial charge in [-0.3, -0.25) is 13.9 Å². The summed E-state index contributed by atoms with van der Waals surface area (Å²) in [6, 6.07) is 12.1. The number of likely N-dealkylation sites (N-methyl/N-ethyl adjacent to an activating group) is 1. The Balaban J connectivity index is 2.40. The average molecular weight is 446 g/mol. The largest absolute Gasteiger partial charge is 0.357 e. The number of anilines is 1. The van der Waals surface area contributed by atoms with Crippen molar-refractivity contribution in [3.05, 3.63) is 64.7 Å². The highest BCUT2D eigenvalue weighted by Gasteiger charge is 2.29. The lowest BCUT2D eigenvalue weighted by atomic mass is 10.1. The smallest absolute Gasteiger partial charge is 0.244 e. The van der Waals surface area contributed by atoms with E-state index in [-0.39, 0.29) is 12.5 Å². The van der Waals surface area contributed by atoms with Gasteiger partial charge in [-0.05, 0) is 56.5 Å². The molecule has 2 rings (SSSR count). The monoisotopic (exact) mass is 445 g/mol. The zero-order valence-electron chi connectivity index (χ0n) is 19.0. The van der Waals surface area contributed by atoms with Crippen molar-refractivity contribution in [2.24, 2.45) is 0 Å². The Labute approximate surface area is 185 Å². The minimum atomic E-state index is -3.72. The Kier molecular flexibility index (Phi) is 7.84. The topological polar surface area (TPSA) is 86.8 Å². The molecule has 1 N–H and O–H groups in total. The minimum absolute atomic E-state index is 0.194. The van der Waals surface area contributed by atoms with Gasteiger partial charge in [-0.2, -0.15) is 0 Å². The van der Waals surface area contributed by atoms with Crippen molar-refractivity contribution in [2.45, 2.75) is 40.3 Å². The fourth-order valence-corrected chi connectivity index (χ4v) is 4.13. The van der Waals surface area contributed by atoms with E-state index in [9.17, 15) is 18.0 Å². The van der Waals surface area contributed by atoms with E-state index in [0.717, 1.165) is 32.8 Å². The normalized spacial score (nSPS) is 12.2. The molecule has 31 heavy (non-hydrogen) atoms. The SMILES string of the molecule is CNC(=O)[C@@H](C)N(Cc1cccc(C)c1)C(=O)CN(c1ccc(C)c(C)c1)S(C)(=O)=O. The molecule has 0 heterocycles. The molecule has 0 spiro atoms. The van der Waals surface area contributed by atoms with E-state index in [1.165, 1.54) is 11.9 Å². The second-order valence-electron chi connectivity index (χ2n) is 7.84. The molecule has 168 valence electrons. The van der Waals surface area contributed by atoms with Gasteiger partial charge in [0.15, 0.2) is 0 Å². The first-order chi connectivity index (χ1) is 14.4. The number of benzene rings is 2. The summed E-state index contributed by atoms with van der Waals surface area (Å²) >= 11 is 0. The van der Waals surface area contributed by atoms with Gasteiger partial charge in [-0.1, -0.05) is 35.9 Å². The van der Waals surface area contributed by atoms with Crippen LogP contribution in [0.25, 0.3) is 0 Å². The van der Waals surface area contributed by atoms with E-state index in [1.54, 1.807) is 19.1 Å². The molecule has 0 aliphatic rings. The van der Waals surface area contributed by atoms with Crippen LogP contribution in [0.15, 0.2) is 42.5 Å². The summed E-state index contributed by atoms with van der Waals surface area (Å²) in [6.07, 6.45) is 1.07. The number of nitrogens with one attached hydrogen (secondary N) is 1. The van der Waals surface area contributed by atoms with Crippen LogP contribution in [0, 0.1) is 20.8 Å². The fraction of sp³-hybridized carbons (Fsp3) is 0.391. The summed E-state index contributed by atoms with van der Waals surface area (Å²) in [5.41, 5.74) is 4.26. The maximum atomic E-state index is 13.3. The van der Waals surface area contributed by atoms with Crippen LogP contribution in [0.1, 0.15) is 29.2 Å². The van der Waals surface area contributed by atoms with Crippen molar-refractivity contribution in [2.75, 3.05) is 24.2 Å². The third-order valence-electron chi connectivity index (χ3n) is 5.31. The van der Waals surface area contributed by atoms with Crippen LogP contribution < -0.4 is 9.62 Å². The van der Waals surface area contributed by atoms with Gasteiger partial charge in [-0.15, -0.1) is 0 Å². The van der Waals surface area contributed by atoms with Gasteiger partial charge in [0.1, 0.15) is 12.6 Å². The average Bonchev–Trinajstić information content (AvgIpc) is 2.70. The van der Waals surface area contributed by atoms with Gasteiger partial charge in [0.05, 0.1) is 11.9 Å². The lowest BCUT2D eigenvalue weighted by Crippen LogP contribution is -2.50. The molecule has 0 unspecified atom stereocenters. The highest BCUT2D eigenvalue weighted by Crippen LogP contribution is 2.22. The molecule has 0 aromatic heterocycles. The standard InChI is InChI=1S/C23H31N3O4S/c1-16-8-7-9-20(12-16)14-25(19(4)23(28)24-5)22(27)15-26(31(6,29)30)21-11-10-17(2)18(3)13-21/h7-13,19H,14-15H2,1-6H3,(H,24,28)/t19-/m1/s1. The molecule has 7 nitrogen and oxygen atoms in total. The van der Waals surface area contributed by atoms with Crippen molar-refractivity contribution < 1.29 is 18.0 Å². The van der Waals surface area contributed by atoms with Crippen LogP contribution in [0.4, 0.5) is 5.69 Å². The number of nitrogens with zero attached hydrogens (tertiary/aromatic N) is 2. The number of hydrogen-bond acceptors (Lipinski definition) is 4. The van der Waals surface area contributed by atoms with Crippen LogP contribution in [-0.2, 0) is 26.2 Å². The molecule has 0 saturated heterocycles. The number of hydrogen-bond donors (Lipinski definition) is 1. The first-order valence-electron chi connectivity index (χ1n) is 10.1. The van der Waals surface area contributed by atoms with Gasteiger partial charge >= 0.3 is 0 Å². The minimum Gasteiger partial charge on any atom is -0.357 e. The number of aryl methyl sites for hydroxylation is 3. The van der Waals surface area contributed by atoms with Crippen LogP contribution in [-0.4, -0.2) is 51.0 Å². The predicted octanol–water partition coefficient (Wildman–Crippen LogP) is 2.54. The second-order valence-corrected chi connectivity index (χ2v) is 9.75. The summed E-state index contributed by atoms with van der Waals surface area (Å²) in [6.45, 7) is 7.20. The zero-order chi connectivity index (χ0) is 23.3. The van der Waals surface area contributed by atoms with Crippen molar-refractivity contribution in [1.29, 1.82) is 0 Å². The Morgan fingerprint density at radius 2 is 1.71 bits per heavy atom. The third kappa shape index (κ3) is 6.30. The Hall–Kier alpha value is -2.87. The van der Waals surface area contributed by atoms with E-state index < -0.39 is 28.5 Å². The highest BCUT2D eigenvalue weighted by molar-refractivity contribution is 7.92. The van der Waals surface area contributed by atoms with Crippen molar-refractivity contribution >= 4 is 27.5 Å². The van der Waals surface area contributed by atoms with E-state index in [0.29, 0.717) is 5.69 Å². The first kappa shape index (κ1) is 24.4. The number of amides is 2. The fourth-order valence-electron chi connectivity index (χ4n) is 3.29. The Morgan fingerprint density at radius 1 is 1.03 bits per heavy atom. The Bertz CT molecular complexity index is 1070. The molecule has 2 aromatic rings. The molecule has 0 bridgehead atoms. The second kappa shape index (κ2) is 9.96. The van der Waals surface area contributed by atoms with Crippen molar-refractivity contribution in [1.82, 2.24) is 10.2 Å². The Morgan fingerprint density at radius 3 is 2.26 bits per heavy atom. The summed E-state index contributed by atoms with van der Waals surface area (Å²) in [5, 5.41) is 2.56. The third-order valence-corrected chi connectivity index (χ3v) is 6.45. The maximum Gasteiger partial charge on any atom is 0.244 e. The van der Waals surface area contributed by atoms with Gasteiger partial charge in [-0.25, -0.2) is 8.42 Å². The summed E-state index contributed by atoms with van der Waals surface area (Å²) in [7, 11) is -2.22. The number of carbonyl (C=O) groups excluding carboxylic acids is 2. The van der Waals surface area contributed by atoms with Crippen LogP contribution in [0.3, 0.4) is 0 Å². The summed E-state index contributed by atoms with van der Waals surface area (Å²) in [5.74, 6) is -0.778. The van der Waals surface area contributed by atoms with E-state index in [2.05, 4.69) is 5.32 Å². The number of carbonyl (C=O) groups is 2. The van der Waals surface area contributed by atoms with Crippen LogP contribution in [0.5, 0.6) is 0 Å². The summed E-state index contributed by atoms with van der Waals surface area (Å²) in [4.78, 5) is 27.0. The van der Waals surface area contributed by atoms with Crippen LogP contribution >= 0.6 is 0 Å². The maximum absolute atomic E-state index is 13.3. The van der Waals surface area contributed by atoms with E-state index in [1.807, 2.05) is 51.1 Å². The quantitative estimate of drug-likeness (QED) is 0.677. The highest BCUT2D eigenvalue weighted by atomic mass is 32.2. The lowest BCUT2D eigenvalue weighted by Gasteiger charge is -2.31. The van der Waals surface area contributed by atoms with Crippen molar-refractivity contribution in [3.8, 4) is 0 Å². The molecular weight excluding hydrogens is 414 g/mol. The van der Waals surface area contributed by atoms with E-state index in [4.69, 9.17) is 0 Å². The lowest BCUT2D eigenvalue weighted by molar-refractivity contribution is -0.139. The molecule has 0 saturated carbocycles. The van der Waals surface area contributed by atoms with Gasteiger partial charge in [0.25, 0.3) is 0 Å². The van der Waals surface area contributed by atoms with Crippen LogP contribution in [0.2, 0.25) is 0 Å². The molecule has 0 fully saturated rings. The molecule has 0 radical (unpaired) electrons. The molecule has 1 atom stereocenters. The zero-order valence-corrected chi connectivity index (χ0v) is 19.8. The molecule has 0 aliphatic heterocycles. The molecule has 0 aliphatic carbocycles. The first-order valence-corrected chi connectivity index (χ1v) is 11.9. The number of sulfonamides is 1. The van der Waals surface area contributed by atoms with E-state index >= 15 is 0 Å². The summed E-state index contributed by atoms with van der Waals surface area (Å²) < 4.78 is 26.1. The predicted molar refractivity (Wildman–Crippen MR) is 123 cm³/mol. The van der Waals surface area contributed by atoms with Gasteiger partial charge in [0, 0.05) is 13.6 Å². The van der Waals surface area contributed by atoms with Crippen molar-refractivity contribution in [3.63, 3.8) is 0 Å². The molecule has 8 heteroatoms. The number of rotatable bonds is 8. The molecule has 2 amide bonds. The van der Waals surface area contributed by atoms with Gasteiger partial charge < -0.3 is 10.2 Å². The molecular formula is C23H31N3O4S. The molecule has 2 aromatic carbocycles. The van der Waals surface area contributed by atoms with Gasteiger partial charge in [0.2, 0.25) is 21.8 Å².